The summed E-state index contributed by atoms with van der Waals surface area (Å²) in [5.41, 5.74) is 4.91. The van der Waals surface area contributed by atoms with Crippen molar-refractivity contribution in [3.05, 3.63) is 0 Å². The van der Waals surface area contributed by atoms with Gasteiger partial charge in [0.1, 0.15) is 0 Å². The minimum absolute atomic E-state index is 0. The molecule has 0 aliphatic heterocycles. The van der Waals surface area contributed by atoms with E-state index in [4.69, 9.17) is 10.8 Å². The van der Waals surface area contributed by atoms with Crippen LogP contribution in [0.1, 0.15) is 0 Å². The number of carbonyl (C=O) groups is 1. The Kier molecular flexibility index (Phi) is 8.01. The van der Waals surface area contributed by atoms with Gasteiger partial charge >= 0.3 is 28.3 Å². The maximum atomic E-state index is 9.74. The van der Waals surface area contributed by atoms with E-state index in [1.54, 1.807) is 0 Å². The average molecular weight is 228 g/mol. The van der Waals surface area contributed by atoms with Gasteiger partial charge in [0, 0.05) is 0 Å². The van der Waals surface area contributed by atoms with Gasteiger partial charge in [-0.2, -0.15) is 5.75 Å². The molecule has 0 rings (SSSR count). The van der Waals surface area contributed by atoms with Gasteiger partial charge in [-0.25, -0.2) is 0 Å². The van der Waals surface area contributed by atoms with E-state index in [0.29, 0.717) is 0 Å². The van der Waals surface area contributed by atoms with Crippen molar-refractivity contribution in [2.75, 3.05) is 5.75 Å². The fraction of sp³-hybridized carbons (Fsp3) is 0.667. The molecule has 52 valence electrons. The van der Waals surface area contributed by atoms with Crippen LogP contribution in [0.5, 0.6) is 0 Å². The summed E-state index contributed by atoms with van der Waals surface area (Å²) in [4.78, 5) is 9.74. The maximum absolute atomic E-state index is 9.74. The molecule has 0 fully saturated rings. The molecular weight excluding hydrogens is 222 g/mol. The molecular formula is C3H6AgNO2S. The molecule has 1 unspecified atom stereocenters. The normalized spacial score (nSPS) is 11.8. The molecule has 0 aromatic rings. The molecule has 8 heavy (non-hydrogen) atoms. The van der Waals surface area contributed by atoms with Crippen LogP contribution >= 0.6 is 0 Å². The summed E-state index contributed by atoms with van der Waals surface area (Å²) in [6.07, 6.45) is 0. The van der Waals surface area contributed by atoms with E-state index >= 15 is 0 Å². The molecule has 3 nitrogen and oxygen atoms in total. The largest absolute Gasteiger partial charge is 1.00 e. The maximum Gasteiger partial charge on any atom is 1.00 e. The van der Waals surface area contributed by atoms with E-state index in [-0.39, 0.29) is 28.1 Å². The van der Waals surface area contributed by atoms with Gasteiger partial charge in [-0.15, -0.1) is 0 Å². The van der Waals surface area contributed by atoms with Crippen molar-refractivity contribution in [1.29, 1.82) is 0 Å². The van der Waals surface area contributed by atoms with Gasteiger partial charge < -0.3 is 23.5 Å². The number of carboxylic acids is 1. The molecule has 0 saturated heterocycles. The summed E-state index contributed by atoms with van der Waals surface area (Å²) in [5, 5.41) is 7.99. The zero-order valence-corrected chi connectivity index (χ0v) is 6.23. The van der Waals surface area contributed by atoms with Gasteiger partial charge in [-0.05, 0) is 0 Å². The molecule has 0 bridgehead atoms. The Labute approximate surface area is 68.6 Å². The predicted octanol–water partition coefficient (Wildman–Crippen LogP) is -1.06. The van der Waals surface area contributed by atoms with Gasteiger partial charge in [0.05, 0.1) is 6.04 Å². The molecule has 0 aliphatic rings. The Morgan fingerprint density at radius 2 is 2.25 bits per heavy atom. The second-order valence-electron chi connectivity index (χ2n) is 1.11. The summed E-state index contributed by atoms with van der Waals surface area (Å²) < 4.78 is 0. The van der Waals surface area contributed by atoms with Crippen LogP contribution in [0.4, 0.5) is 0 Å². The zero-order valence-electron chi connectivity index (χ0n) is 3.93. The van der Waals surface area contributed by atoms with Crippen molar-refractivity contribution in [2.45, 2.75) is 6.04 Å². The van der Waals surface area contributed by atoms with Crippen LogP contribution in [0.2, 0.25) is 0 Å². The van der Waals surface area contributed by atoms with Gasteiger partial charge in [0.25, 0.3) is 0 Å². The first-order valence-corrected chi connectivity index (χ1v) is 2.32. The van der Waals surface area contributed by atoms with Crippen LogP contribution < -0.4 is 5.73 Å². The summed E-state index contributed by atoms with van der Waals surface area (Å²) >= 11 is 4.35. The van der Waals surface area contributed by atoms with Crippen molar-refractivity contribution < 1.29 is 32.3 Å². The third-order valence-electron chi connectivity index (χ3n) is 0.497. The zero-order chi connectivity index (χ0) is 5.86. The van der Waals surface area contributed by atoms with Crippen LogP contribution in [0.15, 0.2) is 0 Å². The quantitative estimate of drug-likeness (QED) is 0.467. The van der Waals surface area contributed by atoms with Crippen LogP contribution in [0, 0.1) is 0 Å². The van der Waals surface area contributed by atoms with Crippen molar-refractivity contribution in [3.63, 3.8) is 0 Å². The minimum Gasteiger partial charge on any atom is -0.791 e. The van der Waals surface area contributed by atoms with Crippen molar-refractivity contribution >= 4 is 18.6 Å². The molecule has 0 radical (unpaired) electrons. The fourth-order valence-corrected chi connectivity index (χ4v) is 0.214. The van der Waals surface area contributed by atoms with Gasteiger partial charge in [0.2, 0.25) is 0 Å². The van der Waals surface area contributed by atoms with Crippen LogP contribution in [-0.2, 0) is 39.8 Å². The molecule has 3 N–H and O–H groups in total. The Morgan fingerprint density at radius 3 is 2.25 bits per heavy atom. The van der Waals surface area contributed by atoms with Crippen LogP contribution in [0.3, 0.4) is 0 Å². The van der Waals surface area contributed by atoms with E-state index in [1.165, 1.54) is 0 Å². The molecule has 0 heterocycles. The van der Waals surface area contributed by atoms with E-state index in [1.807, 2.05) is 0 Å². The number of carboxylic acid groups (broad SMARTS) is 1. The van der Waals surface area contributed by atoms with E-state index in [0.717, 1.165) is 0 Å². The molecule has 0 saturated carbocycles. The minimum atomic E-state index is -1.03. The monoisotopic (exact) mass is 227 g/mol. The number of hydrogen-bond acceptors (Lipinski definition) is 3. The van der Waals surface area contributed by atoms with E-state index in [2.05, 4.69) is 12.6 Å². The van der Waals surface area contributed by atoms with Crippen LogP contribution in [-0.4, -0.2) is 22.9 Å². The molecule has 0 aromatic carbocycles. The summed E-state index contributed by atoms with van der Waals surface area (Å²) in [7, 11) is 0. The summed E-state index contributed by atoms with van der Waals surface area (Å²) in [6, 6.07) is -0.866. The topological polar surface area (TPSA) is 63.3 Å². The Hall–Kier alpha value is 0.520. The molecule has 0 amide bonds. The Morgan fingerprint density at radius 1 is 1.88 bits per heavy atom. The average Bonchev–Trinajstić information content (AvgIpc) is 1.65. The summed E-state index contributed by atoms with van der Waals surface area (Å²) in [6.45, 7) is 0. The van der Waals surface area contributed by atoms with E-state index in [9.17, 15) is 4.79 Å². The molecule has 5 heteroatoms. The molecule has 0 aromatic heterocycles. The second kappa shape index (κ2) is 5.65. The fourth-order valence-electron chi connectivity index (χ4n) is 0.0713. The first-order valence-electron chi connectivity index (χ1n) is 1.75. The number of aliphatic carboxylic acids is 1. The number of hydrogen-bond donors (Lipinski definition) is 2. The molecule has 0 aliphatic carbocycles. The van der Waals surface area contributed by atoms with Crippen molar-refractivity contribution in [2.24, 2.45) is 5.73 Å². The Balaban J connectivity index is 0. The first-order chi connectivity index (χ1) is 3.18. The first kappa shape index (κ1) is 11.3. The van der Waals surface area contributed by atoms with Crippen molar-refractivity contribution in [3.8, 4) is 0 Å². The standard InChI is InChI=1S/C3H7NO2S.Ag/c4-2(1-7)3(5)6;/h2,7H,1,4H2,(H,5,6);/q;+1/p-1. The van der Waals surface area contributed by atoms with Crippen LogP contribution in [0.25, 0.3) is 0 Å². The Bertz CT molecular complexity index is 79.7. The smallest absolute Gasteiger partial charge is 0.791 e. The number of rotatable bonds is 2. The van der Waals surface area contributed by atoms with Gasteiger partial charge in [-0.3, -0.25) is 4.79 Å². The van der Waals surface area contributed by atoms with E-state index < -0.39 is 12.0 Å². The third kappa shape index (κ3) is 4.67. The molecule has 1 atom stereocenters. The molecule has 0 spiro atoms. The third-order valence-corrected chi connectivity index (χ3v) is 0.856. The van der Waals surface area contributed by atoms with Gasteiger partial charge in [0.15, 0.2) is 0 Å². The number of nitrogens with two attached hydrogens (primary N) is 1. The van der Waals surface area contributed by atoms with Gasteiger partial charge in [-0.1, -0.05) is 0 Å². The summed E-state index contributed by atoms with van der Waals surface area (Å²) in [5.74, 6) is -0.954. The predicted molar refractivity (Wildman–Crippen MR) is 27.8 cm³/mol. The second-order valence-corrected chi connectivity index (χ2v) is 1.44. The van der Waals surface area contributed by atoms with Crippen molar-refractivity contribution in [1.82, 2.24) is 0 Å². The SMILES string of the molecule is NC(C[S-])C(=O)O.[Ag+].